The van der Waals surface area contributed by atoms with E-state index in [2.05, 4.69) is 22.3 Å². The van der Waals surface area contributed by atoms with E-state index < -0.39 is 35.4 Å². The van der Waals surface area contributed by atoms with Gasteiger partial charge in [-0.1, -0.05) is 38.1 Å². The number of amides is 1. The van der Waals surface area contributed by atoms with Gasteiger partial charge >= 0.3 is 12.4 Å². The normalized spacial score (nSPS) is 23.1. The van der Waals surface area contributed by atoms with Crippen LogP contribution in [-0.2, 0) is 36.7 Å². The van der Waals surface area contributed by atoms with E-state index in [1.807, 2.05) is 26.0 Å². The Kier molecular flexibility index (Phi) is 7.16. The summed E-state index contributed by atoms with van der Waals surface area (Å²) in [6.07, 6.45) is -6.87. The minimum atomic E-state index is -4.93. The lowest BCUT2D eigenvalue weighted by atomic mass is 9.74. The monoisotopic (exact) mass is 512 g/mol. The Hall–Kier alpha value is -2.55. The largest absolute Gasteiger partial charge is 0.416 e. The molecule has 4 rings (SSSR count). The zero-order valence-electron chi connectivity index (χ0n) is 20.3. The summed E-state index contributed by atoms with van der Waals surface area (Å²) in [6.45, 7) is 5.18. The molecule has 196 valence electrons. The molecule has 0 bridgehead atoms. The van der Waals surface area contributed by atoms with E-state index in [-0.39, 0.29) is 29.5 Å². The standard InChI is InChI=1S/C27H30F6N2O/c1-17(2)25(9-7-23(14-25)35-10-8-19-5-3-4-6-20(19)16-35)24(36)34-15-18-11-21(26(28,29)30)13-22(12-18)27(31,32)33/h3-6,11-13,17,23H,7-10,14-16H2,1-2H3,(H,34,36). The van der Waals surface area contributed by atoms with E-state index in [1.54, 1.807) is 0 Å². The van der Waals surface area contributed by atoms with Crippen LogP contribution >= 0.6 is 0 Å². The van der Waals surface area contributed by atoms with E-state index in [0.717, 1.165) is 25.9 Å². The molecular formula is C27H30F6N2O. The van der Waals surface area contributed by atoms with Crippen molar-refractivity contribution in [3.63, 3.8) is 0 Å². The molecule has 1 fully saturated rings. The Morgan fingerprint density at radius 2 is 1.64 bits per heavy atom. The van der Waals surface area contributed by atoms with Gasteiger partial charge in [-0.3, -0.25) is 9.69 Å². The van der Waals surface area contributed by atoms with Crippen LogP contribution in [0.2, 0.25) is 0 Å². The molecule has 0 spiro atoms. The predicted octanol–water partition coefficient (Wildman–Crippen LogP) is 6.59. The van der Waals surface area contributed by atoms with Gasteiger partial charge in [-0.25, -0.2) is 0 Å². The van der Waals surface area contributed by atoms with Crippen LogP contribution in [0.15, 0.2) is 42.5 Å². The van der Waals surface area contributed by atoms with E-state index in [9.17, 15) is 31.1 Å². The first kappa shape index (κ1) is 26.5. The summed E-state index contributed by atoms with van der Waals surface area (Å²) in [6, 6.07) is 9.91. The van der Waals surface area contributed by atoms with Crippen molar-refractivity contribution in [2.45, 2.75) is 71.0 Å². The number of halogens is 6. The highest BCUT2D eigenvalue weighted by Crippen LogP contribution is 2.47. The van der Waals surface area contributed by atoms with Crippen LogP contribution in [0.5, 0.6) is 0 Å². The summed E-state index contributed by atoms with van der Waals surface area (Å²) < 4.78 is 79.2. The van der Waals surface area contributed by atoms with E-state index in [4.69, 9.17) is 0 Å². The van der Waals surface area contributed by atoms with Crippen molar-refractivity contribution in [2.75, 3.05) is 6.54 Å². The number of hydrogen-bond acceptors (Lipinski definition) is 2. The zero-order valence-corrected chi connectivity index (χ0v) is 20.3. The molecule has 0 saturated heterocycles. The molecule has 2 aliphatic rings. The Morgan fingerprint density at radius 1 is 1.03 bits per heavy atom. The van der Waals surface area contributed by atoms with Crippen molar-refractivity contribution in [3.8, 4) is 0 Å². The number of hydrogen-bond donors (Lipinski definition) is 1. The molecule has 2 unspecified atom stereocenters. The first-order chi connectivity index (χ1) is 16.8. The highest BCUT2D eigenvalue weighted by atomic mass is 19.4. The number of nitrogens with zero attached hydrogens (tertiary/aromatic N) is 1. The lowest BCUT2D eigenvalue weighted by molar-refractivity contribution is -0.143. The summed E-state index contributed by atoms with van der Waals surface area (Å²) in [5, 5.41) is 2.67. The maximum atomic E-state index is 13.4. The molecule has 2 aromatic carbocycles. The smallest absolute Gasteiger partial charge is 0.352 e. The fourth-order valence-electron chi connectivity index (χ4n) is 5.66. The SMILES string of the molecule is CC(C)C1(C(=O)NCc2cc(C(F)(F)F)cc(C(F)(F)F)c2)CCC(N2CCc3ccccc3C2)C1. The van der Waals surface area contributed by atoms with E-state index in [1.165, 1.54) is 11.1 Å². The molecule has 1 saturated carbocycles. The molecule has 0 aromatic heterocycles. The van der Waals surface area contributed by atoms with E-state index >= 15 is 0 Å². The van der Waals surface area contributed by atoms with Crippen LogP contribution in [0.25, 0.3) is 0 Å². The molecule has 0 radical (unpaired) electrons. The van der Waals surface area contributed by atoms with Crippen molar-refractivity contribution in [1.82, 2.24) is 10.2 Å². The number of rotatable bonds is 5. The van der Waals surface area contributed by atoms with Crippen LogP contribution in [0, 0.1) is 11.3 Å². The molecule has 1 amide bonds. The van der Waals surface area contributed by atoms with Gasteiger partial charge in [0.2, 0.25) is 5.91 Å². The topological polar surface area (TPSA) is 32.3 Å². The van der Waals surface area contributed by atoms with Gasteiger partial charge < -0.3 is 5.32 Å². The minimum absolute atomic E-state index is 0.0353. The van der Waals surface area contributed by atoms with Gasteiger partial charge in [-0.05, 0) is 66.5 Å². The molecule has 36 heavy (non-hydrogen) atoms. The third kappa shape index (κ3) is 5.41. The fourth-order valence-corrected chi connectivity index (χ4v) is 5.66. The highest BCUT2D eigenvalue weighted by molar-refractivity contribution is 5.83. The number of carbonyl (C=O) groups is 1. The minimum Gasteiger partial charge on any atom is -0.352 e. The molecule has 2 atom stereocenters. The van der Waals surface area contributed by atoms with Crippen molar-refractivity contribution in [3.05, 3.63) is 70.3 Å². The first-order valence-electron chi connectivity index (χ1n) is 12.2. The lowest BCUT2D eigenvalue weighted by Crippen LogP contribution is -2.45. The average molecular weight is 513 g/mol. The van der Waals surface area contributed by atoms with Crippen LogP contribution in [0.4, 0.5) is 26.3 Å². The first-order valence-corrected chi connectivity index (χ1v) is 12.2. The van der Waals surface area contributed by atoms with Gasteiger partial charge in [0.25, 0.3) is 0 Å². The molecule has 2 aromatic rings. The summed E-state index contributed by atoms with van der Waals surface area (Å²) in [4.78, 5) is 15.8. The third-order valence-electron chi connectivity index (χ3n) is 7.86. The number of nitrogens with one attached hydrogen (secondary N) is 1. The average Bonchev–Trinajstić information content (AvgIpc) is 3.28. The van der Waals surface area contributed by atoms with Crippen molar-refractivity contribution < 1.29 is 31.1 Å². The highest BCUT2D eigenvalue weighted by Gasteiger charge is 2.49. The Bertz CT molecular complexity index is 1080. The second kappa shape index (κ2) is 9.72. The summed E-state index contributed by atoms with van der Waals surface area (Å²) in [5.74, 6) is -0.352. The van der Waals surface area contributed by atoms with Crippen LogP contribution in [0.1, 0.15) is 60.9 Å². The molecule has 1 heterocycles. The van der Waals surface area contributed by atoms with Gasteiger partial charge in [0.15, 0.2) is 0 Å². The van der Waals surface area contributed by atoms with Gasteiger partial charge in [0, 0.05) is 25.7 Å². The van der Waals surface area contributed by atoms with Gasteiger partial charge in [-0.15, -0.1) is 0 Å². The lowest BCUT2D eigenvalue weighted by Gasteiger charge is -2.36. The number of fused-ring (bicyclic) bond motifs is 1. The Balaban J connectivity index is 1.48. The molecule has 1 aliphatic heterocycles. The summed E-state index contributed by atoms with van der Waals surface area (Å²) in [7, 11) is 0. The Morgan fingerprint density at radius 3 is 2.22 bits per heavy atom. The van der Waals surface area contributed by atoms with Gasteiger partial charge in [-0.2, -0.15) is 26.3 Å². The number of carbonyl (C=O) groups excluding carboxylic acids is 1. The Labute approximate surface area is 206 Å². The quantitative estimate of drug-likeness (QED) is 0.458. The van der Waals surface area contributed by atoms with Crippen LogP contribution in [0.3, 0.4) is 0 Å². The zero-order chi connectivity index (χ0) is 26.3. The third-order valence-corrected chi connectivity index (χ3v) is 7.86. The van der Waals surface area contributed by atoms with Crippen molar-refractivity contribution >= 4 is 5.91 Å². The van der Waals surface area contributed by atoms with Crippen molar-refractivity contribution in [2.24, 2.45) is 11.3 Å². The van der Waals surface area contributed by atoms with Crippen molar-refractivity contribution in [1.29, 1.82) is 0 Å². The van der Waals surface area contributed by atoms with Gasteiger partial charge in [0.05, 0.1) is 16.5 Å². The molecular weight excluding hydrogens is 482 g/mol. The maximum absolute atomic E-state index is 13.4. The summed E-state index contributed by atoms with van der Waals surface area (Å²) >= 11 is 0. The number of alkyl halides is 6. The molecule has 1 N–H and O–H groups in total. The number of benzene rings is 2. The summed E-state index contributed by atoms with van der Waals surface area (Å²) in [5.41, 5.74) is -1.11. The predicted molar refractivity (Wildman–Crippen MR) is 124 cm³/mol. The fraction of sp³-hybridized carbons (Fsp3) is 0.519. The molecule has 1 aliphatic carbocycles. The molecule has 3 nitrogen and oxygen atoms in total. The second-order valence-electron chi connectivity index (χ2n) is 10.3. The second-order valence-corrected chi connectivity index (χ2v) is 10.3. The van der Waals surface area contributed by atoms with Gasteiger partial charge in [0.1, 0.15) is 0 Å². The van der Waals surface area contributed by atoms with E-state index in [0.29, 0.717) is 25.0 Å². The maximum Gasteiger partial charge on any atom is 0.416 e. The van der Waals surface area contributed by atoms with Crippen LogP contribution < -0.4 is 5.32 Å². The van der Waals surface area contributed by atoms with Crippen LogP contribution in [-0.4, -0.2) is 23.4 Å². The molecule has 9 heteroatoms.